The third kappa shape index (κ3) is 4.15. The summed E-state index contributed by atoms with van der Waals surface area (Å²) in [6.45, 7) is 1.64. The molecule has 2 N–H and O–H groups in total. The second kappa shape index (κ2) is 7.93. The summed E-state index contributed by atoms with van der Waals surface area (Å²) in [5.41, 5.74) is 2.40. The van der Waals surface area contributed by atoms with Gasteiger partial charge in [-0.05, 0) is 18.1 Å². The molecule has 0 aliphatic heterocycles. The first-order chi connectivity index (χ1) is 12.5. The Labute approximate surface area is 155 Å². The fraction of sp³-hybridized carbons (Fsp3) is 0.150. The van der Waals surface area contributed by atoms with Crippen molar-refractivity contribution < 1.29 is 14.7 Å². The molecule has 1 heterocycles. The van der Waals surface area contributed by atoms with Crippen LogP contribution in [0.1, 0.15) is 37.5 Å². The second-order valence-corrected chi connectivity index (χ2v) is 6.91. The van der Waals surface area contributed by atoms with Crippen LogP contribution in [0.2, 0.25) is 0 Å². The Hall–Kier alpha value is -2.99. The Kier molecular flexibility index (Phi) is 5.43. The van der Waals surface area contributed by atoms with E-state index >= 15 is 0 Å². The summed E-state index contributed by atoms with van der Waals surface area (Å²) >= 11 is 1.04. The van der Waals surface area contributed by atoms with E-state index in [0.717, 1.165) is 22.5 Å². The van der Waals surface area contributed by atoms with Gasteiger partial charge < -0.3 is 10.4 Å². The van der Waals surface area contributed by atoms with Gasteiger partial charge in [-0.15, -0.1) is 11.3 Å². The number of hydrogen-bond acceptors (Lipinski definition) is 4. The zero-order chi connectivity index (χ0) is 18.5. The topological polar surface area (TPSA) is 79.3 Å². The highest BCUT2D eigenvalue weighted by molar-refractivity contribution is 7.13. The quantitative estimate of drug-likeness (QED) is 0.699. The van der Waals surface area contributed by atoms with Gasteiger partial charge in [-0.3, -0.25) is 4.79 Å². The zero-order valence-corrected chi connectivity index (χ0v) is 15.0. The summed E-state index contributed by atoms with van der Waals surface area (Å²) in [4.78, 5) is 28.1. The maximum Gasteiger partial charge on any atom is 0.347 e. The molecular formula is C20H18N2O3S. The Morgan fingerprint density at radius 1 is 1.04 bits per heavy atom. The molecule has 0 bridgehead atoms. The van der Waals surface area contributed by atoms with Crippen LogP contribution < -0.4 is 5.32 Å². The lowest BCUT2D eigenvalue weighted by molar-refractivity contribution is -0.120. The molecule has 0 aliphatic carbocycles. The van der Waals surface area contributed by atoms with Gasteiger partial charge in [-0.25, -0.2) is 9.78 Å². The van der Waals surface area contributed by atoms with E-state index in [1.165, 1.54) is 0 Å². The number of aromatic carboxylic acids is 1. The van der Waals surface area contributed by atoms with E-state index in [2.05, 4.69) is 10.3 Å². The average molecular weight is 366 g/mol. The average Bonchev–Trinajstić information content (AvgIpc) is 3.01. The molecule has 0 radical (unpaired) electrons. The highest BCUT2D eigenvalue weighted by Crippen LogP contribution is 2.23. The predicted octanol–water partition coefficient (Wildman–Crippen LogP) is 3.60. The van der Waals surface area contributed by atoms with Gasteiger partial charge >= 0.3 is 5.97 Å². The van der Waals surface area contributed by atoms with Crippen molar-refractivity contribution in [3.8, 4) is 0 Å². The van der Waals surface area contributed by atoms with Crippen LogP contribution in [0.3, 0.4) is 0 Å². The van der Waals surface area contributed by atoms with Crippen molar-refractivity contribution in [1.82, 2.24) is 10.3 Å². The lowest BCUT2D eigenvalue weighted by Gasteiger charge is -2.19. The normalized spacial score (nSPS) is 10.7. The molecule has 26 heavy (non-hydrogen) atoms. The van der Waals surface area contributed by atoms with Crippen LogP contribution in [-0.2, 0) is 11.2 Å². The largest absolute Gasteiger partial charge is 0.477 e. The summed E-state index contributed by atoms with van der Waals surface area (Å²) in [7, 11) is 0. The van der Waals surface area contributed by atoms with Crippen molar-refractivity contribution in [3.63, 3.8) is 0 Å². The molecule has 1 amide bonds. The van der Waals surface area contributed by atoms with Crippen molar-refractivity contribution >= 4 is 23.2 Å². The minimum Gasteiger partial charge on any atom is -0.477 e. The first-order valence-corrected chi connectivity index (χ1v) is 8.95. The molecule has 0 unspecified atom stereocenters. The number of benzene rings is 2. The van der Waals surface area contributed by atoms with Crippen LogP contribution in [0, 0.1) is 6.92 Å². The number of aromatic nitrogens is 1. The number of carbonyl (C=O) groups excluding carboxylic acids is 1. The number of aryl methyl sites for hydroxylation is 1. The van der Waals surface area contributed by atoms with E-state index in [0.29, 0.717) is 10.7 Å². The SMILES string of the molecule is Cc1nc(CC(=O)NC(c2ccccc2)c2ccccc2)sc1C(=O)O. The van der Waals surface area contributed by atoms with E-state index in [-0.39, 0.29) is 23.2 Å². The van der Waals surface area contributed by atoms with E-state index < -0.39 is 5.97 Å². The lowest BCUT2D eigenvalue weighted by atomic mass is 9.98. The predicted molar refractivity (Wildman–Crippen MR) is 100 cm³/mol. The van der Waals surface area contributed by atoms with E-state index in [1.54, 1.807) is 6.92 Å². The smallest absolute Gasteiger partial charge is 0.347 e. The number of carboxylic acids is 1. The summed E-state index contributed by atoms with van der Waals surface area (Å²) < 4.78 is 0. The number of nitrogens with zero attached hydrogens (tertiary/aromatic N) is 1. The van der Waals surface area contributed by atoms with Crippen LogP contribution in [0.25, 0.3) is 0 Å². The van der Waals surface area contributed by atoms with Crippen molar-refractivity contribution in [3.05, 3.63) is 87.4 Å². The van der Waals surface area contributed by atoms with Crippen molar-refractivity contribution in [2.45, 2.75) is 19.4 Å². The van der Waals surface area contributed by atoms with Crippen LogP contribution in [-0.4, -0.2) is 22.0 Å². The number of carboxylic acid groups (broad SMARTS) is 1. The number of carbonyl (C=O) groups is 2. The zero-order valence-electron chi connectivity index (χ0n) is 14.2. The Morgan fingerprint density at radius 3 is 2.04 bits per heavy atom. The standard InChI is InChI=1S/C20H18N2O3S/c1-13-19(20(24)25)26-17(21-13)12-16(23)22-18(14-8-4-2-5-9-14)15-10-6-3-7-11-15/h2-11,18H,12H2,1H3,(H,22,23)(H,24,25). The highest BCUT2D eigenvalue weighted by Gasteiger charge is 2.19. The van der Waals surface area contributed by atoms with Gasteiger partial charge in [0.1, 0.15) is 9.88 Å². The fourth-order valence-electron chi connectivity index (χ4n) is 2.73. The third-order valence-electron chi connectivity index (χ3n) is 3.92. The molecule has 3 rings (SSSR count). The molecule has 6 heteroatoms. The van der Waals surface area contributed by atoms with Gasteiger partial charge in [-0.1, -0.05) is 60.7 Å². The highest BCUT2D eigenvalue weighted by atomic mass is 32.1. The van der Waals surface area contributed by atoms with Crippen molar-refractivity contribution in [1.29, 1.82) is 0 Å². The van der Waals surface area contributed by atoms with Gasteiger partial charge in [-0.2, -0.15) is 0 Å². The molecule has 2 aromatic carbocycles. The Morgan fingerprint density at radius 2 is 1.58 bits per heavy atom. The molecule has 132 valence electrons. The summed E-state index contributed by atoms with van der Waals surface area (Å²) in [6.07, 6.45) is 0.0505. The van der Waals surface area contributed by atoms with Gasteiger partial charge in [0.25, 0.3) is 0 Å². The van der Waals surface area contributed by atoms with Crippen LogP contribution in [0.4, 0.5) is 0 Å². The molecule has 1 aromatic heterocycles. The Bertz CT molecular complexity index is 868. The molecule has 0 spiro atoms. The van der Waals surface area contributed by atoms with E-state index in [1.807, 2.05) is 60.7 Å². The molecule has 5 nitrogen and oxygen atoms in total. The van der Waals surface area contributed by atoms with Gasteiger partial charge in [0.05, 0.1) is 18.2 Å². The molecule has 0 fully saturated rings. The fourth-order valence-corrected chi connectivity index (χ4v) is 3.63. The minimum absolute atomic E-state index is 0.0505. The van der Waals surface area contributed by atoms with E-state index in [4.69, 9.17) is 5.11 Å². The minimum atomic E-state index is -1.02. The summed E-state index contributed by atoms with van der Waals surface area (Å²) in [6, 6.07) is 19.2. The molecule has 0 aliphatic rings. The molecule has 0 saturated carbocycles. The van der Waals surface area contributed by atoms with E-state index in [9.17, 15) is 9.59 Å². The first-order valence-electron chi connectivity index (χ1n) is 8.13. The van der Waals surface area contributed by atoms with Crippen molar-refractivity contribution in [2.75, 3.05) is 0 Å². The van der Waals surface area contributed by atoms with Crippen LogP contribution in [0.15, 0.2) is 60.7 Å². The number of nitrogens with one attached hydrogen (secondary N) is 1. The maximum absolute atomic E-state index is 12.6. The molecule has 0 saturated heterocycles. The molecule has 0 atom stereocenters. The van der Waals surface area contributed by atoms with Gasteiger partial charge in [0.2, 0.25) is 5.91 Å². The maximum atomic E-state index is 12.6. The summed E-state index contributed by atoms with van der Waals surface area (Å²) in [5, 5.41) is 12.7. The van der Waals surface area contributed by atoms with Gasteiger partial charge in [0, 0.05) is 0 Å². The lowest BCUT2D eigenvalue weighted by Crippen LogP contribution is -2.30. The summed E-state index contributed by atoms with van der Waals surface area (Å²) in [5.74, 6) is -1.22. The number of hydrogen-bond donors (Lipinski definition) is 2. The van der Waals surface area contributed by atoms with Gasteiger partial charge in [0.15, 0.2) is 0 Å². The van der Waals surface area contributed by atoms with Crippen LogP contribution >= 0.6 is 11.3 Å². The molecular weight excluding hydrogens is 348 g/mol. The third-order valence-corrected chi connectivity index (χ3v) is 5.06. The first kappa shape index (κ1) is 17.8. The molecule has 3 aromatic rings. The van der Waals surface area contributed by atoms with Crippen LogP contribution in [0.5, 0.6) is 0 Å². The second-order valence-electron chi connectivity index (χ2n) is 5.83. The number of amides is 1. The monoisotopic (exact) mass is 366 g/mol. The number of thiazole rings is 1. The Balaban J connectivity index is 1.80. The number of rotatable bonds is 6. The van der Waals surface area contributed by atoms with Crippen molar-refractivity contribution in [2.24, 2.45) is 0 Å².